The lowest BCUT2D eigenvalue weighted by molar-refractivity contribution is 0.306. The summed E-state index contributed by atoms with van der Waals surface area (Å²) in [5, 5.41) is 4.25. The number of rotatable bonds is 7. The molecule has 2 aromatic rings. The highest BCUT2D eigenvalue weighted by molar-refractivity contribution is 6.30. The molecule has 3 rings (SSSR count). The van der Waals surface area contributed by atoms with E-state index in [0.717, 1.165) is 35.3 Å². The van der Waals surface area contributed by atoms with Gasteiger partial charge in [-0.05, 0) is 60.7 Å². The molecular formula is C18H20ClNO. The van der Waals surface area contributed by atoms with Crippen LogP contribution < -0.4 is 10.1 Å². The van der Waals surface area contributed by atoms with Crippen LogP contribution in [0.15, 0.2) is 48.5 Å². The van der Waals surface area contributed by atoms with Gasteiger partial charge < -0.3 is 10.1 Å². The number of halogens is 1. The summed E-state index contributed by atoms with van der Waals surface area (Å²) in [6.07, 6.45) is 2.77. The van der Waals surface area contributed by atoms with Gasteiger partial charge in [-0.3, -0.25) is 0 Å². The van der Waals surface area contributed by atoms with E-state index < -0.39 is 0 Å². The SMILES string of the molecule is Clc1ccc(COc2cccc(CNCC3CC3)c2)cc1. The van der Waals surface area contributed by atoms with Crippen LogP contribution in [0.4, 0.5) is 0 Å². The third kappa shape index (κ3) is 4.76. The first-order chi connectivity index (χ1) is 10.3. The molecule has 0 atom stereocenters. The molecule has 1 N–H and O–H groups in total. The fraction of sp³-hybridized carbons (Fsp3) is 0.333. The van der Waals surface area contributed by atoms with Crippen LogP contribution >= 0.6 is 11.6 Å². The van der Waals surface area contributed by atoms with Crippen molar-refractivity contribution in [1.29, 1.82) is 0 Å². The van der Waals surface area contributed by atoms with E-state index in [-0.39, 0.29) is 0 Å². The van der Waals surface area contributed by atoms with Crippen molar-refractivity contribution in [2.24, 2.45) is 5.92 Å². The molecule has 21 heavy (non-hydrogen) atoms. The van der Waals surface area contributed by atoms with Crippen LogP contribution in [0.3, 0.4) is 0 Å². The maximum atomic E-state index is 5.88. The Balaban J connectivity index is 1.51. The maximum absolute atomic E-state index is 5.88. The molecule has 0 spiro atoms. The van der Waals surface area contributed by atoms with Crippen molar-refractivity contribution in [2.45, 2.75) is 26.0 Å². The van der Waals surface area contributed by atoms with Gasteiger partial charge in [-0.25, -0.2) is 0 Å². The van der Waals surface area contributed by atoms with Crippen LogP contribution in [0.25, 0.3) is 0 Å². The summed E-state index contributed by atoms with van der Waals surface area (Å²) in [5.74, 6) is 1.82. The highest BCUT2D eigenvalue weighted by atomic mass is 35.5. The molecule has 2 nitrogen and oxygen atoms in total. The van der Waals surface area contributed by atoms with E-state index in [9.17, 15) is 0 Å². The highest BCUT2D eigenvalue weighted by Crippen LogP contribution is 2.27. The molecule has 0 radical (unpaired) electrons. The van der Waals surface area contributed by atoms with Crippen LogP contribution in [0.2, 0.25) is 5.02 Å². The predicted molar refractivity (Wildman–Crippen MR) is 86.7 cm³/mol. The zero-order valence-electron chi connectivity index (χ0n) is 12.0. The van der Waals surface area contributed by atoms with Crippen molar-refractivity contribution in [2.75, 3.05) is 6.54 Å². The van der Waals surface area contributed by atoms with E-state index in [1.165, 1.54) is 18.4 Å². The Labute approximate surface area is 131 Å². The molecule has 1 fully saturated rings. The van der Waals surface area contributed by atoms with Gasteiger partial charge in [-0.15, -0.1) is 0 Å². The molecule has 0 amide bonds. The largest absolute Gasteiger partial charge is 0.489 e. The fourth-order valence-corrected chi connectivity index (χ4v) is 2.36. The van der Waals surface area contributed by atoms with Crippen molar-refractivity contribution in [3.05, 3.63) is 64.7 Å². The molecule has 0 heterocycles. The molecular weight excluding hydrogens is 282 g/mol. The fourth-order valence-electron chi connectivity index (χ4n) is 2.24. The minimum atomic E-state index is 0.566. The van der Waals surface area contributed by atoms with Crippen LogP contribution in [0.5, 0.6) is 5.75 Å². The summed E-state index contributed by atoms with van der Waals surface area (Å²) in [6, 6.07) is 16.0. The van der Waals surface area contributed by atoms with Crippen molar-refractivity contribution in [1.82, 2.24) is 5.32 Å². The van der Waals surface area contributed by atoms with Gasteiger partial charge in [0.1, 0.15) is 12.4 Å². The third-order valence-corrected chi connectivity index (χ3v) is 3.93. The second-order valence-corrected chi connectivity index (χ2v) is 6.07. The molecule has 3 heteroatoms. The van der Waals surface area contributed by atoms with Crippen molar-refractivity contribution >= 4 is 11.6 Å². The monoisotopic (exact) mass is 301 g/mol. The highest BCUT2D eigenvalue weighted by Gasteiger charge is 2.20. The number of benzene rings is 2. The number of ether oxygens (including phenoxy) is 1. The molecule has 0 saturated heterocycles. The van der Waals surface area contributed by atoms with Crippen molar-refractivity contribution < 1.29 is 4.74 Å². The first-order valence-corrected chi connectivity index (χ1v) is 7.84. The lowest BCUT2D eigenvalue weighted by Crippen LogP contribution is -2.16. The minimum absolute atomic E-state index is 0.566. The molecule has 1 aliphatic rings. The van der Waals surface area contributed by atoms with E-state index in [4.69, 9.17) is 16.3 Å². The number of nitrogens with one attached hydrogen (secondary N) is 1. The zero-order valence-corrected chi connectivity index (χ0v) is 12.8. The summed E-state index contributed by atoms with van der Waals surface area (Å²) in [4.78, 5) is 0. The van der Waals surface area contributed by atoms with E-state index in [1.807, 2.05) is 36.4 Å². The summed E-state index contributed by atoms with van der Waals surface area (Å²) < 4.78 is 5.84. The van der Waals surface area contributed by atoms with Gasteiger partial charge in [0.15, 0.2) is 0 Å². The molecule has 1 saturated carbocycles. The van der Waals surface area contributed by atoms with Gasteiger partial charge >= 0.3 is 0 Å². The number of hydrogen-bond acceptors (Lipinski definition) is 2. The summed E-state index contributed by atoms with van der Waals surface area (Å²) in [7, 11) is 0. The maximum Gasteiger partial charge on any atom is 0.120 e. The third-order valence-electron chi connectivity index (χ3n) is 3.68. The Morgan fingerprint density at radius 1 is 1.05 bits per heavy atom. The molecule has 2 aromatic carbocycles. The second kappa shape index (κ2) is 6.97. The minimum Gasteiger partial charge on any atom is -0.489 e. The van der Waals surface area contributed by atoms with Gasteiger partial charge in [-0.1, -0.05) is 35.9 Å². The molecule has 0 unspecified atom stereocenters. The average Bonchev–Trinajstić information content (AvgIpc) is 3.31. The first kappa shape index (κ1) is 14.4. The van der Waals surface area contributed by atoms with Crippen molar-refractivity contribution in [3.8, 4) is 5.75 Å². The Morgan fingerprint density at radius 3 is 2.62 bits per heavy atom. The van der Waals surface area contributed by atoms with E-state index in [0.29, 0.717) is 6.61 Å². The summed E-state index contributed by atoms with van der Waals surface area (Å²) in [6.45, 7) is 2.61. The smallest absolute Gasteiger partial charge is 0.120 e. The van der Waals surface area contributed by atoms with Gasteiger partial charge in [0.05, 0.1) is 0 Å². The van der Waals surface area contributed by atoms with Crippen LogP contribution in [-0.2, 0) is 13.2 Å². The first-order valence-electron chi connectivity index (χ1n) is 7.46. The van der Waals surface area contributed by atoms with Gasteiger partial charge in [0.2, 0.25) is 0 Å². The van der Waals surface area contributed by atoms with E-state index in [2.05, 4.69) is 17.4 Å². The van der Waals surface area contributed by atoms with Crippen LogP contribution in [0.1, 0.15) is 24.0 Å². The molecule has 0 aliphatic heterocycles. The Hall–Kier alpha value is -1.51. The molecule has 110 valence electrons. The normalized spacial score (nSPS) is 14.1. The molecule has 0 bridgehead atoms. The predicted octanol–water partition coefficient (Wildman–Crippen LogP) is 4.42. The summed E-state index contributed by atoms with van der Waals surface area (Å²) in [5.41, 5.74) is 2.39. The second-order valence-electron chi connectivity index (χ2n) is 5.64. The van der Waals surface area contributed by atoms with Gasteiger partial charge in [0, 0.05) is 11.6 Å². The van der Waals surface area contributed by atoms with E-state index >= 15 is 0 Å². The quantitative estimate of drug-likeness (QED) is 0.817. The standard InChI is InChI=1S/C18H20ClNO/c19-17-8-6-15(7-9-17)13-21-18-3-1-2-16(10-18)12-20-11-14-4-5-14/h1-3,6-10,14,20H,4-5,11-13H2. The lowest BCUT2D eigenvalue weighted by Gasteiger charge is -2.09. The van der Waals surface area contributed by atoms with Gasteiger partial charge in [-0.2, -0.15) is 0 Å². The van der Waals surface area contributed by atoms with Gasteiger partial charge in [0.25, 0.3) is 0 Å². The van der Waals surface area contributed by atoms with E-state index in [1.54, 1.807) is 0 Å². The zero-order chi connectivity index (χ0) is 14.5. The Morgan fingerprint density at radius 2 is 1.86 bits per heavy atom. The number of hydrogen-bond donors (Lipinski definition) is 1. The lowest BCUT2D eigenvalue weighted by atomic mass is 10.2. The molecule has 0 aromatic heterocycles. The van der Waals surface area contributed by atoms with Crippen LogP contribution in [-0.4, -0.2) is 6.54 Å². The Kier molecular flexibility index (Phi) is 4.79. The molecule has 1 aliphatic carbocycles. The average molecular weight is 302 g/mol. The van der Waals surface area contributed by atoms with Crippen LogP contribution in [0, 0.1) is 5.92 Å². The van der Waals surface area contributed by atoms with Crippen molar-refractivity contribution in [3.63, 3.8) is 0 Å². The summed E-state index contributed by atoms with van der Waals surface area (Å²) >= 11 is 5.88. The Bertz CT molecular complexity index is 578. The topological polar surface area (TPSA) is 21.3 Å².